The van der Waals surface area contributed by atoms with E-state index in [4.69, 9.17) is 29.4 Å². The van der Waals surface area contributed by atoms with Crippen molar-refractivity contribution in [3.8, 4) is 17.6 Å². The molecule has 0 saturated heterocycles. The molecule has 43 heavy (non-hydrogen) atoms. The summed E-state index contributed by atoms with van der Waals surface area (Å²) in [4.78, 5) is 24.1. The highest BCUT2D eigenvalue weighted by atomic mass is 33.1. The SMILES string of the molecule is CC(C)C#CCOCCNC(=O)CCCOCCOCCOC(COc1cccc(C(=O)NCCN)c1)SSC(C)(C)C. The molecule has 0 saturated carbocycles. The monoisotopic (exact) mass is 641 g/mol. The minimum atomic E-state index is -0.227. The number of rotatable bonds is 23. The molecule has 0 spiro atoms. The Morgan fingerprint density at radius 2 is 1.72 bits per heavy atom. The van der Waals surface area contributed by atoms with E-state index in [0.29, 0.717) is 103 Å². The molecular weight excluding hydrogens is 590 g/mol. The third kappa shape index (κ3) is 23.1. The maximum Gasteiger partial charge on any atom is 0.251 e. The first-order chi connectivity index (χ1) is 20.6. The van der Waals surface area contributed by atoms with Crippen LogP contribution in [0.2, 0.25) is 0 Å². The summed E-state index contributed by atoms with van der Waals surface area (Å²) in [6.45, 7) is 15.1. The molecule has 0 aliphatic heterocycles. The van der Waals surface area contributed by atoms with Crippen LogP contribution in [-0.4, -0.2) is 94.5 Å². The lowest BCUT2D eigenvalue weighted by molar-refractivity contribution is -0.121. The average Bonchev–Trinajstić information content (AvgIpc) is 2.96. The molecule has 0 radical (unpaired) electrons. The van der Waals surface area contributed by atoms with Crippen LogP contribution in [-0.2, 0) is 23.7 Å². The van der Waals surface area contributed by atoms with Gasteiger partial charge in [-0.25, -0.2) is 0 Å². The van der Waals surface area contributed by atoms with E-state index in [0.717, 1.165) is 0 Å². The second-order valence-corrected chi connectivity index (χ2v) is 13.9. The molecule has 0 bridgehead atoms. The Bertz CT molecular complexity index is 965. The fourth-order valence-corrected chi connectivity index (χ4v) is 5.29. The van der Waals surface area contributed by atoms with Gasteiger partial charge < -0.3 is 40.1 Å². The number of benzene rings is 1. The van der Waals surface area contributed by atoms with Gasteiger partial charge in [0.05, 0.1) is 33.0 Å². The molecular formula is C31H51N3O7S2. The second kappa shape index (κ2) is 24.4. The standard InChI is InChI=1S/C31H51N3O7S2/c1-25(2)9-7-16-37-18-15-33-28(35)12-8-17-38-19-20-39-21-22-40-29(42-43-31(3,4)5)24-41-27-11-6-10-26(23-27)30(36)34-14-13-32/h6,10-11,23,25,29H,8,12-22,24,32H2,1-5H3,(H,33,35)(H,34,36). The molecule has 0 aliphatic rings. The summed E-state index contributed by atoms with van der Waals surface area (Å²) < 4.78 is 28.6. The van der Waals surface area contributed by atoms with Crippen molar-refractivity contribution in [2.24, 2.45) is 11.7 Å². The van der Waals surface area contributed by atoms with Crippen LogP contribution in [0.5, 0.6) is 5.75 Å². The molecule has 1 aromatic rings. The number of carbonyl (C=O) groups excluding carboxylic acids is 2. The van der Waals surface area contributed by atoms with Gasteiger partial charge in [0, 0.05) is 48.9 Å². The van der Waals surface area contributed by atoms with Crippen molar-refractivity contribution in [3.05, 3.63) is 29.8 Å². The molecule has 1 unspecified atom stereocenters. The van der Waals surface area contributed by atoms with Crippen molar-refractivity contribution in [3.63, 3.8) is 0 Å². The summed E-state index contributed by atoms with van der Waals surface area (Å²) in [6, 6.07) is 7.05. The first-order valence-corrected chi connectivity index (χ1v) is 17.0. The zero-order valence-corrected chi connectivity index (χ0v) is 28.0. The first kappa shape index (κ1) is 39.0. The molecule has 12 heteroatoms. The van der Waals surface area contributed by atoms with Crippen molar-refractivity contribution in [1.29, 1.82) is 0 Å². The molecule has 4 N–H and O–H groups in total. The van der Waals surface area contributed by atoms with E-state index in [1.807, 2.05) is 19.9 Å². The summed E-state index contributed by atoms with van der Waals surface area (Å²) in [6.07, 6.45) is 1.04. The Balaban J connectivity index is 2.20. The molecule has 10 nitrogen and oxygen atoms in total. The van der Waals surface area contributed by atoms with Gasteiger partial charge >= 0.3 is 0 Å². The van der Waals surface area contributed by atoms with Gasteiger partial charge in [0.15, 0.2) is 0 Å². The minimum Gasteiger partial charge on any atom is -0.490 e. The quantitative estimate of drug-likeness (QED) is 0.0701. The number of nitrogens with two attached hydrogens (primary N) is 1. The maximum absolute atomic E-state index is 12.2. The van der Waals surface area contributed by atoms with E-state index in [1.165, 1.54) is 0 Å². The van der Waals surface area contributed by atoms with Crippen LogP contribution < -0.4 is 21.1 Å². The molecule has 1 atom stereocenters. The Labute approximate surface area is 266 Å². The zero-order valence-electron chi connectivity index (χ0n) is 26.4. The third-order valence-electron chi connectivity index (χ3n) is 5.05. The summed E-state index contributed by atoms with van der Waals surface area (Å²) in [7, 11) is 3.33. The van der Waals surface area contributed by atoms with E-state index < -0.39 is 0 Å². The van der Waals surface area contributed by atoms with Crippen LogP contribution in [0.25, 0.3) is 0 Å². The van der Waals surface area contributed by atoms with Crippen molar-refractivity contribution in [2.45, 2.75) is 57.6 Å². The predicted molar refractivity (Wildman–Crippen MR) is 175 cm³/mol. The maximum atomic E-state index is 12.2. The summed E-state index contributed by atoms with van der Waals surface area (Å²) in [5, 5.41) is 5.59. The third-order valence-corrected chi connectivity index (χ3v) is 8.56. The number of carbonyl (C=O) groups is 2. The summed E-state index contributed by atoms with van der Waals surface area (Å²) in [5.41, 5.74) is 5.75. The fourth-order valence-electron chi connectivity index (χ4n) is 3.10. The zero-order chi connectivity index (χ0) is 31.8. The van der Waals surface area contributed by atoms with Gasteiger partial charge in [0.25, 0.3) is 5.91 Å². The van der Waals surface area contributed by atoms with E-state index in [1.54, 1.807) is 39.8 Å². The van der Waals surface area contributed by atoms with Crippen LogP contribution in [0.1, 0.15) is 57.8 Å². The molecule has 0 aliphatic carbocycles. The Kier molecular flexibility index (Phi) is 22.1. The summed E-state index contributed by atoms with van der Waals surface area (Å²) in [5.74, 6) is 6.69. The van der Waals surface area contributed by atoms with Gasteiger partial charge in [0.2, 0.25) is 5.91 Å². The Hall–Kier alpha value is -1.98. The van der Waals surface area contributed by atoms with Crippen molar-refractivity contribution >= 4 is 33.4 Å². The molecule has 0 fully saturated rings. The van der Waals surface area contributed by atoms with Gasteiger partial charge in [-0.2, -0.15) is 0 Å². The number of ether oxygens (including phenoxy) is 5. The largest absolute Gasteiger partial charge is 0.490 e. The Morgan fingerprint density at radius 3 is 2.44 bits per heavy atom. The van der Waals surface area contributed by atoms with Crippen LogP contribution in [0, 0.1) is 17.8 Å². The van der Waals surface area contributed by atoms with Gasteiger partial charge in [-0.05, 0) is 24.6 Å². The van der Waals surface area contributed by atoms with E-state index in [2.05, 4.69) is 43.2 Å². The number of nitrogens with one attached hydrogen (secondary N) is 2. The Morgan fingerprint density at radius 1 is 0.977 bits per heavy atom. The lowest BCUT2D eigenvalue weighted by Crippen LogP contribution is -2.29. The van der Waals surface area contributed by atoms with E-state index in [9.17, 15) is 9.59 Å². The highest BCUT2D eigenvalue weighted by molar-refractivity contribution is 8.77. The number of hydrogen-bond donors (Lipinski definition) is 3. The van der Waals surface area contributed by atoms with E-state index in [-0.39, 0.29) is 22.0 Å². The average molecular weight is 642 g/mol. The van der Waals surface area contributed by atoms with Crippen LogP contribution in [0.4, 0.5) is 0 Å². The molecule has 0 aromatic heterocycles. The van der Waals surface area contributed by atoms with Crippen LogP contribution in [0.3, 0.4) is 0 Å². The lowest BCUT2D eigenvalue weighted by Gasteiger charge is -2.22. The normalized spacial score (nSPS) is 12.0. The highest BCUT2D eigenvalue weighted by Crippen LogP contribution is 2.38. The smallest absolute Gasteiger partial charge is 0.251 e. The fraction of sp³-hybridized carbons (Fsp3) is 0.677. The van der Waals surface area contributed by atoms with Gasteiger partial charge in [-0.1, -0.05) is 74.1 Å². The van der Waals surface area contributed by atoms with Gasteiger partial charge in [-0.3, -0.25) is 9.59 Å². The molecule has 0 heterocycles. The molecule has 1 aromatic carbocycles. The van der Waals surface area contributed by atoms with Crippen LogP contribution in [0.15, 0.2) is 24.3 Å². The van der Waals surface area contributed by atoms with Crippen molar-refractivity contribution in [2.75, 3.05) is 72.5 Å². The molecule has 244 valence electrons. The van der Waals surface area contributed by atoms with Gasteiger partial charge in [0.1, 0.15) is 24.4 Å². The lowest BCUT2D eigenvalue weighted by atomic mass is 10.2. The minimum absolute atomic E-state index is 0.0180. The summed E-state index contributed by atoms with van der Waals surface area (Å²) >= 11 is 0. The topological polar surface area (TPSA) is 130 Å². The predicted octanol–water partition coefficient (Wildman–Crippen LogP) is 3.88. The molecule has 2 amide bonds. The van der Waals surface area contributed by atoms with Crippen LogP contribution >= 0.6 is 21.6 Å². The van der Waals surface area contributed by atoms with Crippen molar-refractivity contribution < 1.29 is 33.3 Å². The van der Waals surface area contributed by atoms with Crippen molar-refractivity contribution in [1.82, 2.24) is 10.6 Å². The molecule has 1 rings (SSSR count). The number of amides is 2. The van der Waals surface area contributed by atoms with E-state index >= 15 is 0 Å². The highest BCUT2D eigenvalue weighted by Gasteiger charge is 2.18. The number of hydrogen-bond acceptors (Lipinski definition) is 10. The van der Waals surface area contributed by atoms with Gasteiger partial charge in [-0.15, -0.1) is 0 Å². The first-order valence-electron chi connectivity index (χ1n) is 14.8. The second-order valence-electron chi connectivity index (χ2n) is 10.7.